The summed E-state index contributed by atoms with van der Waals surface area (Å²) in [5.41, 5.74) is 1.60. The van der Waals surface area contributed by atoms with Crippen LogP contribution in [0.15, 0.2) is 27.6 Å². The topological polar surface area (TPSA) is 65.7 Å². The molecule has 0 spiro atoms. The molecule has 2 N–H and O–H groups in total. The molecule has 3 rings (SSSR count). The first-order valence-electron chi connectivity index (χ1n) is 9.03. The van der Waals surface area contributed by atoms with Gasteiger partial charge < -0.3 is 20.0 Å². The third-order valence-electron chi connectivity index (χ3n) is 4.82. The van der Waals surface area contributed by atoms with E-state index < -0.39 is 11.6 Å². The van der Waals surface area contributed by atoms with E-state index in [2.05, 4.69) is 25.5 Å². The Kier molecular flexibility index (Phi) is 8.02. The first-order valence-corrected chi connectivity index (χ1v) is 9.03. The molecule has 2 aromatic rings. The second-order valence-electron chi connectivity index (χ2n) is 6.75. The Bertz CT molecular complexity index is 807. The van der Waals surface area contributed by atoms with E-state index in [0.29, 0.717) is 30.0 Å². The number of guanidine groups is 1. The Morgan fingerprint density at radius 2 is 2.07 bits per heavy atom. The Labute approximate surface area is 180 Å². The molecule has 6 nitrogen and oxygen atoms in total. The highest BCUT2D eigenvalue weighted by Crippen LogP contribution is 2.25. The van der Waals surface area contributed by atoms with Gasteiger partial charge in [0.05, 0.1) is 12.2 Å². The zero-order valence-electron chi connectivity index (χ0n) is 16.3. The minimum Gasteiger partial charge on any atom is -0.444 e. The van der Waals surface area contributed by atoms with Crippen LogP contribution in [0.5, 0.6) is 0 Å². The summed E-state index contributed by atoms with van der Waals surface area (Å²) in [6, 6.07) is 4.05. The highest BCUT2D eigenvalue weighted by atomic mass is 127. The summed E-state index contributed by atoms with van der Waals surface area (Å²) >= 11 is 0. The third kappa shape index (κ3) is 5.55. The normalized spacial score (nSPS) is 16.8. The number of benzene rings is 1. The second kappa shape index (κ2) is 10.0. The lowest BCUT2D eigenvalue weighted by Crippen LogP contribution is -2.40. The first-order chi connectivity index (χ1) is 13.0. The summed E-state index contributed by atoms with van der Waals surface area (Å²) in [7, 11) is 1.71. The van der Waals surface area contributed by atoms with Crippen LogP contribution in [0.3, 0.4) is 0 Å². The number of aryl methyl sites for hydroxylation is 2. The number of oxazole rings is 1. The summed E-state index contributed by atoms with van der Waals surface area (Å²) < 4.78 is 32.1. The number of hydrogen-bond donors (Lipinski definition) is 2. The van der Waals surface area contributed by atoms with E-state index in [0.717, 1.165) is 37.5 Å². The number of nitrogens with one attached hydrogen (secondary N) is 2. The van der Waals surface area contributed by atoms with Crippen molar-refractivity contribution in [2.24, 2.45) is 10.9 Å². The van der Waals surface area contributed by atoms with Crippen molar-refractivity contribution in [1.29, 1.82) is 0 Å². The minimum atomic E-state index is -0.817. The Hall–Kier alpha value is -1.91. The second-order valence-corrected chi connectivity index (χ2v) is 6.75. The van der Waals surface area contributed by atoms with Gasteiger partial charge in [-0.1, -0.05) is 0 Å². The molecular weight excluding hydrogens is 479 g/mol. The van der Waals surface area contributed by atoms with Gasteiger partial charge in [0.25, 0.3) is 0 Å². The highest BCUT2D eigenvalue weighted by molar-refractivity contribution is 14.0. The van der Waals surface area contributed by atoms with Gasteiger partial charge in [0.2, 0.25) is 5.89 Å². The predicted octanol–water partition coefficient (Wildman–Crippen LogP) is 3.38. The number of aromatic nitrogens is 1. The lowest BCUT2D eigenvalue weighted by atomic mass is 10.1. The molecule has 0 radical (unpaired) electrons. The average molecular weight is 505 g/mol. The smallest absolute Gasteiger partial charge is 0.214 e. The Balaban J connectivity index is 0.00000280. The number of anilines is 1. The number of hydrogen-bond acceptors (Lipinski definition) is 4. The standard InChI is InChI=1S/C19H25F2N5O.HI/c1-12-13(2)27-18(25-12)10-24-19(22-3)23-9-14-6-7-26(11-14)15-4-5-16(20)17(21)8-15;/h4-5,8,14H,6-7,9-11H2,1-3H3,(H2,22,23,24);1H. The van der Waals surface area contributed by atoms with E-state index in [4.69, 9.17) is 4.42 Å². The van der Waals surface area contributed by atoms with Crippen LogP contribution in [0, 0.1) is 31.4 Å². The molecule has 1 unspecified atom stereocenters. The van der Waals surface area contributed by atoms with Gasteiger partial charge in [0, 0.05) is 38.4 Å². The molecule has 9 heteroatoms. The van der Waals surface area contributed by atoms with Gasteiger partial charge in [-0.3, -0.25) is 4.99 Å². The first kappa shape index (κ1) is 22.4. The number of halogens is 3. The van der Waals surface area contributed by atoms with Crippen LogP contribution >= 0.6 is 24.0 Å². The largest absolute Gasteiger partial charge is 0.444 e. The molecule has 1 aliphatic heterocycles. The van der Waals surface area contributed by atoms with Crippen molar-refractivity contribution < 1.29 is 13.2 Å². The molecule has 154 valence electrons. The van der Waals surface area contributed by atoms with Crippen LogP contribution in [0.1, 0.15) is 23.8 Å². The van der Waals surface area contributed by atoms with Crippen molar-refractivity contribution in [2.75, 3.05) is 31.6 Å². The average Bonchev–Trinajstić information content (AvgIpc) is 3.24. The van der Waals surface area contributed by atoms with Crippen molar-refractivity contribution in [3.8, 4) is 0 Å². The Morgan fingerprint density at radius 1 is 1.29 bits per heavy atom. The van der Waals surface area contributed by atoms with E-state index >= 15 is 0 Å². The molecule has 1 fully saturated rings. The zero-order chi connectivity index (χ0) is 19.4. The van der Waals surface area contributed by atoms with Crippen molar-refractivity contribution >= 4 is 35.6 Å². The van der Waals surface area contributed by atoms with Gasteiger partial charge in [-0.05, 0) is 38.3 Å². The SMILES string of the molecule is CN=C(NCc1nc(C)c(C)o1)NCC1CCN(c2ccc(F)c(F)c2)C1.I. The van der Waals surface area contributed by atoms with E-state index in [1.807, 2.05) is 13.8 Å². The van der Waals surface area contributed by atoms with Gasteiger partial charge in [0.1, 0.15) is 5.76 Å². The lowest BCUT2D eigenvalue weighted by molar-refractivity contribution is 0.463. The zero-order valence-corrected chi connectivity index (χ0v) is 18.6. The molecule has 28 heavy (non-hydrogen) atoms. The molecular formula is C19H26F2IN5O. The van der Waals surface area contributed by atoms with E-state index in [9.17, 15) is 8.78 Å². The van der Waals surface area contributed by atoms with Crippen LogP contribution in [0.4, 0.5) is 14.5 Å². The fourth-order valence-electron chi connectivity index (χ4n) is 3.15. The number of rotatable bonds is 5. The third-order valence-corrected chi connectivity index (χ3v) is 4.82. The highest BCUT2D eigenvalue weighted by Gasteiger charge is 2.23. The number of nitrogens with zero attached hydrogens (tertiary/aromatic N) is 3. The maximum absolute atomic E-state index is 13.4. The summed E-state index contributed by atoms with van der Waals surface area (Å²) in [4.78, 5) is 10.6. The maximum Gasteiger partial charge on any atom is 0.214 e. The lowest BCUT2D eigenvalue weighted by Gasteiger charge is -2.19. The van der Waals surface area contributed by atoms with Crippen LogP contribution < -0.4 is 15.5 Å². The molecule has 1 aromatic carbocycles. The fourth-order valence-corrected chi connectivity index (χ4v) is 3.15. The molecule has 2 heterocycles. The van der Waals surface area contributed by atoms with Gasteiger partial charge in [-0.25, -0.2) is 13.8 Å². The minimum absolute atomic E-state index is 0. The molecule has 1 atom stereocenters. The summed E-state index contributed by atoms with van der Waals surface area (Å²) in [5.74, 6) is 0.882. The summed E-state index contributed by atoms with van der Waals surface area (Å²) in [6.45, 7) is 6.60. The maximum atomic E-state index is 13.4. The molecule has 1 aromatic heterocycles. The van der Waals surface area contributed by atoms with Crippen LogP contribution in [0.25, 0.3) is 0 Å². The summed E-state index contributed by atoms with van der Waals surface area (Å²) in [5, 5.41) is 6.49. The Morgan fingerprint density at radius 3 is 2.71 bits per heavy atom. The molecule has 0 aliphatic carbocycles. The van der Waals surface area contributed by atoms with Crippen LogP contribution in [-0.4, -0.2) is 37.6 Å². The van der Waals surface area contributed by atoms with Crippen molar-refractivity contribution in [3.63, 3.8) is 0 Å². The van der Waals surface area contributed by atoms with E-state index in [1.165, 1.54) is 12.1 Å². The van der Waals surface area contributed by atoms with Crippen molar-refractivity contribution in [3.05, 3.63) is 47.2 Å². The van der Waals surface area contributed by atoms with Gasteiger partial charge in [-0.2, -0.15) is 0 Å². The molecule has 1 aliphatic rings. The van der Waals surface area contributed by atoms with E-state index in [1.54, 1.807) is 13.1 Å². The molecule has 1 saturated heterocycles. The molecule has 0 bridgehead atoms. The van der Waals surface area contributed by atoms with Crippen LogP contribution in [0.2, 0.25) is 0 Å². The fraction of sp³-hybridized carbons (Fsp3) is 0.474. The van der Waals surface area contributed by atoms with Gasteiger partial charge in [-0.15, -0.1) is 24.0 Å². The molecule has 0 amide bonds. The van der Waals surface area contributed by atoms with Gasteiger partial charge >= 0.3 is 0 Å². The monoisotopic (exact) mass is 505 g/mol. The van der Waals surface area contributed by atoms with Crippen LogP contribution in [-0.2, 0) is 6.54 Å². The quantitative estimate of drug-likeness (QED) is 0.371. The van der Waals surface area contributed by atoms with Crippen molar-refractivity contribution in [2.45, 2.75) is 26.8 Å². The van der Waals surface area contributed by atoms with E-state index in [-0.39, 0.29) is 24.0 Å². The molecule has 0 saturated carbocycles. The number of aliphatic imine (C=N–C) groups is 1. The summed E-state index contributed by atoms with van der Waals surface area (Å²) in [6.07, 6.45) is 0.973. The predicted molar refractivity (Wildman–Crippen MR) is 116 cm³/mol. The van der Waals surface area contributed by atoms with Crippen molar-refractivity contribution in [1.82, 2.24) is 15.6 Å². The van der Waals surface area contributed by atoms with Gasteiger partial charge in [0.15, 0.2) is 17.6 Å².